The molecule has 0 radical (unpaired) electrons. The smallest absolute Gasteiger partial charge is 0.309 e. The van der Waals surface area contributed by atoms with E-state index in [2.05, 4.69) is 4.74 Å². The van der Waals surface area contributed by atoms with E-state index in [4.69, 9.17) is 0 Å². The molecule has 0 aromatic rings. The van der Waals surface area contributed by atoms with Crippen molar-refractivity contribution in [2.24, 2.45) is 5.92 Å². The lowest BCUT2D eigenvalue weighted by atomic mass is 9.93. The minimum absolute atomic E-state index is 0.250. The van der Waals surface area contributed by atoms with Gasteiger partial charge in [-0.15, -0.1) is 0 Å². The van der Waals surface area contributed by atoms with E-state index >= 15 is 0 Å². The third kappa shape index (κ3) is 2.41. The molecule has 2 atom stereocenters. The van der Waals surface area contributed by atoms with Gasteiger partial charge in [0.1, 0.15) is 0 Å². The quantitative estimate of drug-likeness (QED) is 0.636. The Balaban J connectivity index is 2.50. The summed E-state index contributed by atoms with van der Waals surface area (Å²) < 4.78 is 29.4. The number of carbonyl (C=O) groups excluding carboxylic acids is 1. The standard InChI is InChI=1S/C9H15F2NO2/c1-12-5-6(9(13)14-2)3-4-7(12)8(10)11/h6-8H,3-5H2,1-2H3/t6-,7+/m1/s1. The summed E-state index contributed by atoms with van der Waals surface area (Å²) in [4.78, 5) is 12.7. The first-order valence-corrected chi connectivity index (χ1v) is 4.62. The summed E-state index contributed by atoms with van der Waals surface area (Å²) in [6, 6.07) is -0.712. The van der Waals surface area contributed by atoms with Crippen LogP contribution in [0, 0.1) is 5.92 Å². The fourth-order valence-corrected chi connectivity index (χ4v) is 1.84. The van der Waals surface area contributed by atoms with E-state index < -0.39 is 12.5 Å². The van der Waals surface area contributed by atoms with Crippen LogP contribution in [0.5, 0.6) is 0 Å². The molecule has 82 valence electrons. The Labute approximate surface area is 82.0 Å². The molecule has 0 aromatic heterocycles. The zero-order valence-corrected chi connectivity index (χ0v) is 8.37. The predicted octanol–water partition coefficient (Wildman–Crippen LogP) is 1.13. The first kappa shape index (κ1) is 11.4. The van der Waals surface area contributed by atoms with Gasteiger partial charge in [0.2, 0.25) is 0 Å². The van der Waals surface area contributed by atoms with Crippen molar-refractivity contribution in [3.05, 3.63) is 0 Å². The molecule has 0 unspecified atom stereocenters. The van der Waals surface area contributed by atoms with Crippen molar-refractivity contribution in [2.45, 2.75) is 25.3 Å². The van der Waals surface area contributed by atoms with Crippen molar-refractivity contribution < 1.29 is 18.3 Å². The van der Waals surface area contributed by atoms with Crippen LogP contribution < -0.4 is 0 Å². The van der Waals surface area contributed by atoms with Crippen molar-refractivity contribution in [3.8, 4) is 0 Å². The van der Waals surface area contributed by atoms with Gasteiger partial charge in [0.25, 0.3) is 6.43 Å². The van der Waals surface area contributed by atoms with Crippen LogP contribution in [-0.4, -0.2) is 44.0 Å². The van der Waals surface area contributed by atoms with Crippen molar-refractivity contribution in [1.29, 1.82) is 0 Å². The summed E-state index contributed by atoms with van der Waals surface area (Å²) >= 11 is 0. The number of piperidine rings is 1. The molecule has 1 rings (SSSR count). The molecule has 0 spiro atoms. The maximum absolute atomic E-state index is 12.4. The number of rotatable bonds is 2. The lowest BCUT2D eigenvalue weighted by Crippen LogP contribution is -2.46. The first-order chi connectivity index (χ1) is 6.56. The minimum atomic E-state index is -2.33. The topological polar surface area (TPSA) is 29.5 Å². The minimum Gasteiger partial charge on any atom is -0.469 e. The molecule has 1 aliphatic rings. The zero-order valence-electron chi connectivity index (χ0n) is 8.37. The molecule has 0 amide bonds. The Bertz CT molecular complexity index is 211. The third-order valence-electron chi connectivity index (χ3n) is 2.71. The van der Waals surface area contributed by atoms with Gasteiger partial charge in [-0.05, 0) is 19.9 Å². The number of hydrogen-bond acceptors (Lipinski definition) is 3. The number of nitrogens with zero attached hydrogens (tertiary/aromatic N) is 1. The van der Waals surface area contributed by atoms with Crippen LogP contribution in [0.25, 0.3) is 0 Å². The molecule has 1 fully saturated rings. The van der Waals surface area contributed by atoms with Crippen LogP contribution in [0.15, 0.2) is 0 Å². The summed E-state index contributed by atoms with van der Waals surface area (Å²) in [7, 11) is 2.94. The summed E-state index contributed by atoms with van der Waals surface area (Å²) in [5, 5.41) is 0. The van der Waals surface area contributed by atoms with Gasteiger partial charge in [-0.25, -0.2) is 8.78 Å². The zero-order chi connectivity index (χ0) is 10.7. The molecule has 1 heterocycles. The average Bonchev–Trinajstić information content (AvgIpc) is 2.15. The van der Waals surface area contributed by atoms with Crippen LogP contribution in [0.3, 0.4) is 0 Å². The first-order valence-electron chi connectivity index (χ1n) is 4.62. The van der Waals surface area contributed by atoms with Gasteiger partial charge in [0, 0.05) is 6.54 Å². The van der Waals surface area contributed by atoms with Crippen molar-refractivity contribution in [2.75, 3.05) is 20.7 Å². The molecule has 1 aliphatic heterocycles. The van der Waals surface area contributed by atoms with Crippen molar-refractivity contribution >= 4 is 5.97 Å². The fourth-order valence-electron chi connectivity index (χ4n) is 1.84. The lowest BCUT2D eigenvalue weighted by molar-refractivity contribution is -0.148. The highest BCUT2D eigenvalue weighted by Crippen LogP contribution is 2.25. The normalized spacial score (nSPS) is 29.2. The Morgan fingerprint density at radius 3 is 2.57 bits per heavy atom. The highest BCUT2D eigenvalue weighted by Gasteiger charge is 2.34. The second-order valence-corrected chi connectivity index (χ2v) is 3.64. The van der Waals surface area contributed by atoms with E-state index in [0.29, 0.717) is 19.4 Å². The molecule has 5 heteroatoms. The van der Waals surface area contributed by atoms with Gasteiger partial charge >= 0.3 is 5.97 Å². The third-order valence-corrected chi connectivity index (χ3v) is 2.71. The number of methoxy groups -OCH3 is 1. The largest absolute Gasteiger partial charge is 0.469 e. The summed E-state index contributed by atoms with van der Waals surface area (Å²) in [5.74, 6) is -0.551. The van der Waals surface area contributed by atoms with Gasteiger partial charge in [0.05, 0.1) is 19.1 Å². The van der Waals surface area contributed by atoms with Gasteiger partial charge in [-0.1, -0.05) is 0 Å². The number of hydrogen-bond donors (Lipinski definition) is 0. The number of ether oxygens (including phenoxy) is 1. The summed E-state index contributed by atoms with van der Waals surface area (Å²) in [6.07, 6.45) is -1.49. The van der Waals surface area contributed by atoms with Crippen LogP contribution in [0.2, 0.25) is 0 Å². The van der Waals surface area contributed by atoms with E-state index in [1.54, 1.807) is 7.05 Å². The van der Waals surface area contributed by atoms with Gasteiger partial charge in [-0.2, -0.15) is 0 Å². The van der Waals surface area contributed by atoms with E-state index in [1.807, 2.05) is 0 Å². The molecule has 0 bridgehead atoms. The Kier molecular flexibility index (Phi) is 3.80. The van der Waals surface area contributed by atoms with E-state index in [1.165, 1.54) is 12.0 Å². The van der Waals surface area contributed by atoms with Crippen LogP contribution in [0.1, 0.15) is 12.8 Å². The summed E-state index contributed by atoms with van der Waals surface area (Å²) in [6.45, 7) is 0.363. The Hall–Kier alpha value is -0.710. The van der Waals surface area contributed by atoms with Gasteiger partial charge in [-0.3, -0.25) is 9.69 Å². The molecule has 0 aliphatic carbocycles. The van der Waals surface area contributed by atoms with Gasteiger partial charge in [0.15, 0.2) is 0 Å². The second kappa shape index (κ2) is 4.68. The van der Waals surface area contributed by atoms with Crippen LogP contribution in [-0.2, 0) is 9.53 Å². The SMILES string of the molecule is COC(=O)[C@@H]1CC[C@@H](C(F)F)N(C)C1. The Morgan fingerprint density at radius 2 is 2.14 bits per heavy atom. The number of esters is 1. The lowest BCUT2D eigenvalue weighted by Gasteiger charge is -2.35. The second-order valence-electron chi connectivity index (χ2n) is 3.64. The van der Waals surface area contributed by atoms with Crippen LogP contribution in [0.4, 0.5) is 8.78 Å². The predicted molar refractivity (Wildman–Crippen MR) is 47.2 cm³/mol. The molecular formula is C9H15F2NO2. The van der Waals surface area contributed by atoms with Crippen molar-refractivity contribution in [1.82, 2.24) is 4.90 Å². The average molecular weight is 207 g/mol. The molecule has 0 saturated carbocycles. The highest BCUT2D eigenvalue weighted by molar-refractivity contribution is 5.72. The van der Waals surface area contributed by atoms with E-state index in [9.17, 15) is 13.6 Å². The molecular weight excluding hydrogens is 192 g/mol. The Morgan fingerprint density at radius 1 is 1.50 bits per heavy atom. The molecule has 0 N–H and O–H groups in total. The number of likely N-dealkylation sites (tertiary alicyclic amines) is 1. The van der Waals surface area contributed by atoms with Crippen LogP contribution >= 0.6 is 0 Å². The maximum Gasteiger partial charge on any atom is 0.309 e. The van der Waals surface area contributed by atoms with E-state index in [0.717, 1.165) is 0 Å². The molecule has 1 saturated heterocycles. The van der Waals surface area contributed by atoms with Crippen molar-refractivity contribution in [3.63, 3.8) is 0 Å². The number of alkyl halides is 2. The molecule has 14 heavy (non-hydrogen) atoms. The molecule has 3 nitrogen and oxygen atoms in total. The van der Waals surface area contributed by atoms with E-state index in [-0.39, 0.29) is 11.9 Å². The monoisotopic (exact) mass is 207 g/mol. The van der Waals surface area contributed by atoms with Gasteiger partial charge < -0.3 is 4.74 Å². The number of halogens is 2. The highest BCUT2D eigenvalue weighted by atomic mass is 19.3. The number of carbonyl (C=O) groups is 1. The summed E-state index contributed by atoms with van der Waals surface area (Å²) in [5.41, 5.74) is 0. The maximum atomic E-state index is 12.4. The fraction of sp³-hybridized carbons (Fsp3) is 0.889. The molecule has 0 aromatic carbocycles.